The Balaban J connectivity index is 1.59. The van der Waals surface area contributed by atoms with Gasteiger partial charge in [-0.05, 0) is 44.0 Å². The van der Waals surface area contributed by atoms with Crippen molar-refractivity contribution in [3.05, 3.63) is 58.7 Å². The van der Waals surface area contributed by atoms with Crippen molar-refractivity contribution < 1.29 is 19.1 Å². The fourth-order valence-electron chi connectivity index (χ4n) is 3.28. The first kappa shape index (κ1) is 19.2. The van der Waals surface area contributed by atoms with E-state index in [1.807, 2.05) is 57.2 Å². The summed E-state index contributed by atoms with van der Waals surface area (Å²) >= 11 is 1.33. The molecule has 0 bridgehead atoms. The van der Waals surface area contributed by atoms with Crippen molar-refractivity contribution in [1.82, 2.24) is 0 Å². The zero-order valence-electron chi connectivity index (χ0n) is 15.5. The number of thioether (sulfide) groups is 1. The topological polar surface area (TPSA) is 72.5 Å². The van der Waals surface area contributed by atoms with Crippen LogP contribution >= 0.6 is 11.8 Å². The number of carbonyl (C=O) groups is 3. The van der Waals surface area contributed by atoms with E-state index in [1.165, 1.54) is 11.8 Å². The highest BCUT2D eigenvalue weighted by atomic mass is 32.2. The smallest absolute Gasteiger partial charge is 0.307 e. The Bertz CT molecular complexity index is 899. The summed E-state index contributed by atoms with van der Waals surface area (Å²) < 4.78 is 5.16. The summed E-state index contributed by atoms with van der Waals surface area (Å²) in [6, 6.07) is 11.3. The molecule has 140 valence electrons. The minimum absolute atomic E-state index is 0.0794. The quantitative estimate of drug-likeness (QED) is 0.627. The summed E-state index contributed by atoms with van der Waals surface area (Å²) in [4.78, 5) is 37.7. The van der Waals surface area contributed by atoms with Crippen LogP contribution in [-0.2, 0) is 14.3 Å². The Morgan fingerprint density at radius 2 is 1.78 bits per heavy atom. The maximum Gasteiger partial charge on any atom is 0.307 e. The van der Waals surface area contributed by atoms with Gasteiger partial charge in [0.2, 0.25) is 11.7 Å². The predicted octanol–water partition coefficient (Wildman–Crippen LogP) is 3.84. The Kier molecular flexibility index (Phi) is 5.65. The first-order valence-corrected chi connectivity index (χ1v) is 9.56. The highest BCUT2D eigenvalue weighted by Crippen LogP contribution is 2.36. The van der Waals surface area contributed by atoms with Gasteiger partial charge in [-0.25, -0.2) is 0 Å². The highest BCUT2D eigenvalue weighted by Gasteiger charge is 2.29. The lowest BCUT2D eigenvalue weighted by molar-refractivity contribution is -0.143. The summed E-state index contributed by atoms with van der Waals surface area (Å²) in [7, 11) is 0. The molecular weight excluding hydrogens is 362 g/mol. The van der Waals surface area contributed by atoms with E-state index in [-0.39, 0.29) is 24.7 Å². The summed E-state index contributed by atoms with van der Waals surface area (Å²) in [6.45, 7) is 5.39. The van der Waals surface area contributed by atoms with Crippen LogP contribution < -0.4 is 5.32 Å². The van der Waals surface area contributed by atoms with Gasteiger partial charge in [0.25, 0.3) is 0 Å². The zero-order valence-corrected chi connectivity index (χ0v) is 16.3. The number of nitrogens with one attached hydrogen (secondary N) is 1. The lowest BCUT2D eigenvalue weighted by atomic mass is 9.97. The molecule has 0 saturated heterocycles. The predicted molar refractivity (Wildman–Crippen MR) is 105 cm³/mol. The Hall–Kier alpha value is -2.60. The van der Waals surface area contributed by atoms with Crippen LogP contribution in [0.2, 0.25) is 0 Å². The van der Waals surface area contributed by atoms with Gasteiger partial charge in [-0.1, -0.05) is 29.8 Å². The number of aryl methyl sites for hydroxylation is 3. The van der Waals surface area contributed by atoms with Crippen LogP contribution in [0.4, 0.5) is 5.69 Å². The van der Waals surface area contributed by atoms with Gasteiger partial charge in [0, 0.05) is 10.5 Å². The van der Waals surface area contributed by atoms with E-state index in [0.717, 1.165) is 27.3 Å². The number of anilines is 1. The molecule has 6 heteroatoms. The molecular formula is C21H21NO4S. The minimum Gasteiger partial charge on any atom is -0.457 e. The average molecular weight is 383 g/mol. The lowest BCUT2D eigenvalue weighted by Crippen LogP contribution is -2.31. The maximum absolute atomic E-state index is 12.5. The molecule has 1 heterocycles. The van der Waals surface area contributed by atoms with Gasteiger partial charge in [-0.15, -0.1) is 11.8 Å². The molecule has 1 aliphatic rings. The van der Waals surface area contributed by atoms with E-state index in [4.69, 9.17) is 4.74 Å². The van der Waals surface area contributed by atoms with Crippen LogP contribution in [0.15, 0.2) is 41.3 Å². The molecule has 1 N–H and O–H groups in total. The first-order chi connectivity index (χ1) is 12.8. The van der Waals surface area contributed by atoms with Crippen LogP contribution in [0.5, 0.6) is 0 Å². The van der Waals surface area contributed by atoms with Crippen molar-refractivity contribution in [3.8, 4) is 0 Å². The number of ether oxygens (including phenoxy) is 1. The van der Waals surface area contributed by atoms with E-state index in [9.17, 15) is 14.4 Å². The van der Waals surface area contributed by atoms with E-state index in [0.29, 0.717) is 5.56 Å². The minimum atomic E-state index is -0.564. The number of hydrogen-bond acceptors (Lipinski definition) is 5. The molecule has 1 atom stereocenters. The normalized spacial score (nSPS) is 15.7. The van der Waals surface area contributed by atoms with Gasteiger partial charge >= 0.3 is 5.97 Å². The Morgan fingerprint density at radius 3 is 2.48 bits per heavy atom. The zero-order chi connectivity index (χ0) is 19.6. The molecule has 5 nitrogen and oxygen atoms in total. The maximum atomic E-state index is 12.5. The molecule has 0 aliphatic carbocycles. The molecule has 0 fully saturated rings. The van der Waals surface area contributed by atoms with Crippen LogP contribution in [0.3, 0.4) is 0 Å². The van der Waals surface area contributed by atoms with Crippen LogP contribution in [-0.4, -0.2) is 29.5 Å². The second-order valence-electron chi connectivity index (χ2n) is 6.65. The van der Waals surface area contributed by atoms with E-state index in [2.05, 4.69) is 5.32 Å². The number of hydrogen-bond donors (Lipinski definition) is 1. The molecule has 1 aliphatic heterocycles. The molecule has 27 heavy (non-hydrogen) atoms. The number of fused-ring (bicyclic) bond motifs is 1. The average Bonchev–Trinajstić information content (AvgIpc) is 2.59. The number of ketones is 1. The van der Waals surface area contributed by atoms with Gasteiger partial charge in [0.1, 0.15) is 0 Å². The second-order valence-corrected chi connectivity index (χ2v) is 7.90. The highest BCUT2D eigenvalue weighted by molar-refractivity contribution is 8.01. The molecule has 1 amide bonds. The second kappa shape index (κ2) is 7.96. The monoisotopic (exact) mass is 383 g/mol. The van der Waals surface area contributed by atoms with Crippen molar-refractivity contribution in [2.45, 2.75) is 37.3 Å². The molecule has 0 aromatic heterocycles. The standard InChI is InChI=1S/C21H21NO4S/c1-12-8-13(2)20(14(3)9-12)16(23)11-26-19(24)10-18-21(25)22-15-6-4-5-7-17(15)27-18/h4-9,18H,10-11H2,1-3H3,(H,22,25)/t18-/m1/s1. The van der Waals surface area contributed by atoms with E-state index >= 15 is 0 Å². The number of benzene rings is 2. The fraction of sp³-hybridized carbons (Fsp3) is 0.286. The molecule has 0 saturated carbocycles. The Labute approximate surface area is 162 Å². The summed E-state index contributed by atoms with van der Waals surface area (Å²) in [5.74, 6) is -1.02. The largest absolute Gasteiger partial charge is 0.457 e. The third-order valence-electron chi connectivity index (χ3n) is 4.38. The number of Topliss-reactive ketones (excluding diaryl/α,β-unsaturated/α-hetero) is 1. The molecule has 0 unspecified atom stereocenters. The van der Waals surface area contributed by atoms with Crippen LogP contribution in [0.1, 0.15) is 33.5 Å². The summed E-state index contributed by atoms with van der Waals surface area (Å²) in [5.41, 5.74) is 4.16. The van der Waals surface area contributed by atoms with E-state index < -0.39 is 11.2 Å². The lowest BCUT2D eigenvalue weighted by Gasteiger charge is -2.23. The number of para-hydroxylation sites is 1. The number of esters is 1. The van der Waals surface area contributed by atoms with Crippen LogP contribution in [0.25, 0.3) is 0 Å². The van der Waals surface area contributed by atoms with Crippen molar-refractivity contribution in [2.75, 3.05) is 11.9 Å². The number of amides is 1. The SMILES string of the molecule is Cc1cc(C)c(C(=O)COC(=O)C[C@H]2Sc3ccccc3NC2=O)c(C)c1. The van der Waals surface area contributed by atoms with Gasteiger partial charge in [-0.2, -0.15) is 0 Å². The summed E-state index contributed by atoms with van der Waals surface area (Å²) in [6.07, 6.45) is -0.0794. The third kappa shape index (κ3) is 4.39. The van der Waals surface area contributed by atoms with Gasteiger partial charge < -0.3 is 10.1 Å². The van der Waals surface area contributed by atoms with Crippen molar-refractivity contribution in [2.24, 2.45) is 0 Å². The number of rotatable bonds is 5. The van der Waals surface area contributed by atoms with Crippen molar-refractivity contribution >= 4 is 35.1 Å². The van der Waals surface area contributed by atoms with Gasteiger partial charge in [-0.3, -0.25) is 14.4 Å². The Morgan fingerprint density at radius 1 is 1.11 bits per heavy atom. The van der Waals surface area contributed by atoms with Crippen molar-refractivity contribution in [3.63, 3.8) is 0 Å². The first-order valence-electron chi connectivity index (χ1n) is 8.68. The van der Waals surface area contributed by atoms with Crippen molar-refractivity contribution in [1.29, 1.82) is 0 Å². The number of carbonyl (C=O) groups excluding carboxylic acids is 3. The van der Waals surface area contributed by atoms with Crippen LogP contribution in [0, 0.1) is 20.8 Å². The molecule has 0 spiro atoms. The van der Waals surface area contributed by atoms with Gasteiger partial charge in [0.15, 0.2) is 6.61 Å². The molecule has 2 aromatic carbocycles. The molecule has 2 aromatic rings. The molecule has 0 radical (unpaired) electrons. The van der Waals surface area contributed by atoms with E-state index in [1.54, 1.807) is 0 Å². The fourth-order valence-corrected chi connectivity index (χ4v) is 4.37. The third-order valence-corrected chi connectivity index (χ3v) is 5.65. The molecule has 3 rings (SSSR count). The van der Waals surface area contributed by atoms with Gasteiger partial charge in [0.05, 0.1) is 17.4 Å². The summed E-state index contributed by atoms with van der Waals surface area (Å²) in [5, 5.41) is 2.23.